The van der Waals surface area contributed by atoms with Crippen LogP contribution in [0, 0.1) is 23.2 Å². The third-order valence-electron chi connectivity index (χ3n) is 8.02. The number of rotatable bonds is 6. The zero-order valence-electron chi connectivity index (χ0n) is 23.4. The molecule has 1 aliphatic rings. The van der Waals surface area contributed by atoms with E-state index in [0.29, 0.717) is 34.1 Å². The van der Waals surface area contributed by atoms with Gasteiger partial charge in [-0.15, -0.1) is 0 Å². The Morgan fingerprint density at radius 3 is 2.51 bits per heavy atom. The summed E-state index contributed by atoms with van der Waals surface area (Å²) in [6.07, 6.45) is -1.16. The number of fused-ring (bicyclic) bond motifs is 1. The molecule has 1 aliphatic carbocycles. The van der Waals surface area contributed by atoms with Gasteiger partial charge >= 0.3 is 0 Å². The third-order valence-corrected chi connectivity index (χ3v) is 9.13. The lowest BCUT2D eigenvalue weighted by molar-refractivity contribution is -0.139. The molecule has 5 atom stereocenters. The van der Waals surface area contributed by atoms with E-state index in [-0.39, 0.29) is 10.7 Å². The normalized spacial score (nSPS) is 23.5. The van der Waals surface area contributed by atoms with Gasteiger partial charge in [0.15, 0.2) is 17.0 Å². The van der Waals surface area contributed by atoms with Crippen LogP contribution in [0.5, 0.6) is 0 Å². The number of hydrogen-bond donors (Lipinski definition) is 5. The molecule has 5 rings (SSSR count). The van der Waals surface area contributed by atoms with Crippen molar-refractivity contribution in [1.82, 2.24) is 24.8 Å². The lowest BCUT2D eigenvalue weighted by Crippen LogP contribution is -2.47. The van der Waals surface area contributed by atoms with E-state index >= 15 is 0 Å². The van der Waals surface area contributed by atoms with E-state index < -0.39 is 45.6 Å². The van der Waals surface area contributed by atoms with Crippen molar-refractivity contribution in [3.8, 4) is 11.8 Å². The van der Waals surface area contributed by atoms with Crippen LogP contribution in [0.1, 0.15) is 36.8 Å². The van der Waals surface area contributed by atoms with Gasteiger partial charge < -0.3 is 25.4 Å². The number of aliphatic hydroxyl groups is 2. The Kier molecular flexibility index (Phi) is 8.17. The number of carbonyl (C=O) groups is 1. The number of imidazole rings is 1. The van der Waals surface area contributed by atoms with Gasteiger partial charge in [0.25, 0.3) is 10.1 Å². The number of nitrogens with zero attached hydrogens (tertiary/aromatic N) is 4. The molecule has 0 aliphatic heterocycles. The quantitative estimate of drug-likeness (QED) is 0.158. The number of amides is 1. The van der Waals surface area contributed by atoms with Crippen LogP contribution in [0.25, 0.3) is 11.2 Å². The van der Waals surface area contributed by atoms with Crippen molar-refractivity contribution in [1.29, 1.82) is 0 Å². The van der Waals surface area contributed by atoms with Gasteiger partial charge in [0.1, 0.15) is 6.10 Å². The Labute approximate surface area is 252 Å². The Bertz CT molecular complexity index is 1870. The third kappa shape index (κ3) is 5.67. The SMILES string of the molecule is CNC(=O)[C@@]1(C)[C@H](C)[C@@H](n2cnc3c(NCc4cccc(Cl)c4)nc(C#Cc4ccc(S(=O)(=O)O)cc4)nc32)[C@H](O)[C@@H]1O. The molecule has 2 aromatic heterocycles. The molecular weight excluding hydrogens is 596 g/mol. The van der Waals surface area contributed by atoms with Crippen molar-refractivity contribution in [3.05, 3.63) is 76.8 Å². The first kappa shape index (κ1) is 30.4. The molecule has 0 saturated heterocycles. The highest BCUT2D eigenvalue weighted by Crippen LogP contribution is 2.50. The number of benzene rings is 2. The molecule has 0 unspecified atom stereocenters. The minimum Gasteiger partial charge on any atom is -0.389 e. The van der Waals surface area contributed by atoms with E-state index in [4.69, 9.17) is 11.6 Å². The number of nitrogens with one attached hydrogen (secondary N) is 2. The molecular formula is C29H29ClN6O6S. The molecule has 5 N–H and O–H groups in total. The van der Waals surface area contributed by atoms with Crippen LogP contribution in [0.15, 0.2) is 59.8 Å². The van der Waals surface area contributed by atoms with Crippen molar-refractivity contribution in [2.24, 2.45) is 11.3 Å². The van der Waals surface area contributed by atoms with E-state index in [1.165, 1.54) is 37.6 Å². The number of carbonyl (C=O) groups excluding carboxylic acids is 1. The fourth-order valence-corrected chi connectivity index (χ4v) is 6.16. The van der Waals surface area contributed by atoms with Gasteiger partial charge in [-0.05, 0) is 60.7 Å². The lowest BCUT2D eigenvalue weighted by atomic mass is 9.77. The van der Waals surface area contributed by atoms with Gasteiger partial charge in [-0.1, -0.05) is 36.6 Å². The first-order valence-corrected chi connectivity index (χ1v) is 15.1. The Morgan fingerprint density at radius 2 is 1.86 bits per heavy atom. The summed E-state index contributed by atoms with van der Waals surface area (Å²) in [4.78, 5) is 26.2. The van der Waals surface area contributed by atoms with E-state index in [1.54, 1.807) is 30.5 Å². The number of hydrogen-bond acceptors (Lipinski definition) is 9. The summed E-state index contributed by atoms with van der Waals surface area (Å²) in [7, 11) is -2.87. The van der Waals surface area contributed by atoms with Crippen LogP contribution in [-0.4, -0.2) is 67.9 Å². The van der Waals surface area contributed by atoms with Crippen LogP contribution in [0.2, 0.25) is 5.02 Å². The second kappa shape index (κ2) is 11.6. The molecule has 12 nitrogen and oxygen atoms in total. The van der Waals surface area contributed by atoms with E-state index in [1.807, 2.05) is 12.1 Å². The van der Waals surface area contributed by atoms with Crippen LogP contribution >= 0.6 is 11.6 Å². The summed E-state index contributed by atoms with van der Waals surface area (Å²) in [5.74, 6) is 5.29. The van der Waals surface area contributed by atoms with Crippen molar-refractivity contribution in [3.63, 3.8) is 0 Å². The summed E-state index contributed by atoms with van der Waals surface area (Å²) >= 11 is 6.14. The van der Waals surface area contributed by atoms with Gasteiger partial charge in [0.2, 0.25) is 11.7 Å². The summed E-state index contributed by atoms with van der Waals surface area (Å²) < 4.78 is 33.6. The van der Waals surface area contributed by atoms with Crippen molar-refractivity contribution in [2.75, 3.05) is 12.4 Å². The highest BCUT2D eigenvalue weighted by Gasteiger charge is 2.60. The maximum Gasteiger partial charge on any atom is 0.294 e. The smallest absolute Gasteiger partial charge is 0.294 e. The Hall–Kier alpha value is -4.06. The molecule has 14 heteroatoms. The van der Waals surface area contributed by atoms with Gasteiger partial charge in [0, 0.05) is 24.2 Å². The summed E-state index contributed by atoms with van der Waals surface area (Å²) in [6, 6.07) is 11.9. The first-order chi connectivity index (χ1) is 20.3. The lowest BCUT2D eigenvalue weighted by Gasteiger charge is -2.31. The van der Waals surface area contributed by atoms with Crippen molar-refractivity contribution in [2.45, 2.75) is 43.5 Å². The van der Waals surface area contributed by atoms with Crippen LogP contribution < -0.4 is 10.6 Å². The number of halogens is 1. The van der Waals surface area contributed by atoms with Crippen LogP contribution in [0.4, 0.5) is 5.82 Å². The predicted octanol–water partition coefficient (Wildman–Crippen LogP) is 2.40. The monoisotopic (exact) mass is 624 g/mol. The summed E-state index contributed by atoms with van der Waals surface area (Å²) in [5, 5.41) is 28.5. The summed E-state index contributed by atoms with van der Waals surface area (Å²) in [5.41, 5.74) is 0.746. The van der Waals surface area contributed by atoms with Gasteiger partial charge in [-0.25, -0.2) is 15.0 Å². The highest BCUT2D eigenvalue weighted by molar-refractivity contribution is 7.85. The molecule has 4 aromatic rings. The average molecular weight is 625 g/mol. The molecule has 0 spiro atoms. The molecule has 0 radical (unpaired) electrons. The van der Waals surface area contributed by atoms with Crippen molar-refractivity contribution >= 4 is 44.6 Å². The highest BCUT2D eigenvalue weighted by atomic mass is 35.5. The Morgan fingerprint density at radius 1 is 1.14 bits per heavy atom. The topological polar surface area (TPSA) is 180 Å². The van der Waals surface area contributed by atoms with Crippen molar-refractivity contribution < 1.29 is 28.0 Å². The minimum atomic E-state index is -4.35. The number of aromatic nitrogens is 4. The Balaban J connectivity index is 1.59. The zero-order valence-corrected chi connectivity index (χ0v) is 24.9. The van der Waals surface area contributed by atoms with E-state index in [2.05, 4.69) is 37.4 Å². The first-order valence-electron chi connectivity index (χ1n) is 13.3. The average Bonchev–Trinajstić information content (AvgIpc) is 3.47. The predicted molar refractivity (Wildman–Crippen MR) is 159 cm³/mol. The molecule has 1 fully saturated rings. The summed E-state index contributed by atoms with van der Waals surface area (Å²) in [6.45, 7) is 3.74. The fourth-order valence-electron chi connectivity index (χ4n) is 5.46. The second-order valence-corrected chi connectivity index (χ2v) is 12.4. The zero-order chi connectivity index (χ0) is 31.1. The van der Waals surface area contributed by atoms with Gasteiger partial charge in [0.05, 0.1) is 28.8 Å². The van der Waals surface area contributed by atoms with E-state index in [0.717, 1.165) is 5.56 Å². The second-order valence-electron chi connectivity index (χ2n) is 10.5. The van der Waals surface area contributed by atoms with Gasteiger partial charge in [-0.2, -0.15) is 8.42 Å². The molecule has 43 heavy (non-hydrogen) atoms. The molecule has 2 aromatic carbocycles. The molecule has 1 amide bonds. The maximum atomic E-state index is 12.8. The molecule has 224 valence electrons. The molecule has 2 heterocycles. The van der Waals surface area contributed by atoms with Crippen LogP contribution in [0.3, 0.4) is 0 Å². The molecule has 0 bridgehead atoms. The standard InChI is InChI=1S/C29H29ClN6O6S/c1-16-23(24(37)25(38)29(16,2)28(39)31-3)36-15-33-22-26(32-14-18-5-4-6-19(30)13-18)34-21(35-27(22)36)12-9-17-7-10-20(11-8-17)43(40,41)42/h4-8,10-11,13,15-16,23-25,37-38H,14H2,1-3H3,(H,31,39)(H,32,34,35)(H,40,41,42)/t16-,23-,24+,25+,29+/m1/s1. The van der Waals surface area contributed by atoms with E-state index in [9.17, 15) is 28.0 Å². The minimum absolute atomic E-state index is 0.0939. The number of anilines is 1. The van der Waals surface area contributed by atoms with Crippen LogP contribution in [-0.2, 0) is 21.5 Å². The number of aliphatic hydroxyl groups excluding tert-OH is 2. The maximum absolute atomic E-state index is 12.8. The molecule has 1 saturated carbocycles. The fraction of sp³-hybridized carbons (Fsp3) is 0.310. The largest absolute Gasteiger partial charge is 0.389 e. The van der Waals surface area contributed by atoms with Gasteiger partial charge in [-0.3, -0.25) is 9.35 Å².